The third-order valence-electron chi connectivity index (χ3n) is 2.14. The molecule has 0 aromatic heterocycles. The number of nitrogens with zero attached hydrogens (tertiary/aromatic N) is 1. The molecule has 0 saturated carbocycles. The van der Waals surface area contributed by atoms with Crippen LogP contribution in [0.4, 0.5) is 0 Å². The van der Waals surface area contributed by atoms with E-state index in [2.05, 4.69) is 0 Å². The number of hydrogen-bond acceptors (Lipinski definition) is 4. The van der Waals surface area contributed by atoms with Crippen molar-refractivity contribution in [1.29, 1.82) is 0 Å². The Kier molecular flexibility index (Phi) is 5.83. The molecule has 0 aromatic carbocycles. The molecule has 0 heterocycles. The van der Waals surface area contributed by atoms with Gasteiger partial charge in [-0.2, -0.15) is 0 Å². The quantitative estimate of drug-likeness (QED) is 0.373. The van der Waals surface area contributed by atoms with E-state index in [4.69, 9.17) is 4.74 Å². The Bertz CT molecular complexity index is 205. The molecule has 0 spiro atoms. The summed E-state index contributed by atoms with van der Waals surface area (Å²) < 4.78 is 4.73. The summed E-state index contributed by atoms with van der Waals surface area (Å²) in [4.78, 5) is 21.3. The topological polar surface area (TPSA) is 69.4 Å². The predicted octanol–water partition coefficient (Wildman–Crippen LogP) is 1.63. The molecule has 14 heavy (non-hydrogen) atoms. The van der Waals surface area contributed by atoms with Crippen molar-refractivity contribution >= 4 is 5.97 Å². The van der Waals surface area contributed by atoms with Gasteiger partial charge in [-0.1, -0.05) is 13.8 Å². The zero-order chi connectivity index (χ0) is 11.1. The highest BCUT2D eigenvalue weighted by Crippen LogP contribution is 2.14. The number of carbonyl (C=O) groups excluding carboxylic acids is 1. The first-order valence-electron chi connectivity index (χ1n) is 4.82. The van der Waals surface area contributed by atoms with Crippen LogP contribution in [0.3, 0.4) is 0 Å². The summed E-state index contributed by atoms with van der Waals surface area (Å²) in [7, 11) is 0. The van der Waals surface area contributed by atoms with E-state index >= 15 is 0 Å². The van der Waals surface area contributed by atoms with Crippen LogP contribution >= 0.6 is 0 Å². The summed E-state index contributed by atoms with van der Waals surface area (Å²) in [6, 6.07) is -0.653. The fourth-order valence-corrected chi connectivity index (χ4v) is 1.38. The number of ether oxygens (including phenoxy) is 1. The molecule has 0 aliphatic heterocycles. The van der Waals surface area contributed by atoms with Gasteiger partial charge in [-0.15, -0.1) is 0 Å². The summed E-state index contributed by atoms with van der Waals surface area (Å²) in [6.07, 6.45) is 0.556. The first-order chi connectivity index (χ1) is 6.52. The van der Waals surface area contributed by atoms with Crippen LogP contribution in [-0.4, -0.2) is 23.5 Å². The van der Waals surface area contributed by atoms with Crippen LogP contribution < -0.4 is 0 Å². The van der Waals surface area contributed by atoms with Crippen molar-refractivity contribution in [2.24, 2.45) is 5.92 Å². The number of carbonyl (C=O) groups is 1. The SMILES string of the molecule is CCOC(=O)C[C@@H](C)[C@@H](CC)[N+](=O)[O-]. The second kappa shape index (κ2) is 6.34. The lowest BCUT2D eigenvalue weighted by Crippen LogP contribution is -2.28. The zero-order valence-electron chi connectivity index (χ0n) is 8.86. The highest BCUT2D eigenvalue weighted by Gasteiger charge is 2.27. The molecule has 0 fully saturated rings. The van der Waals surface area contributed by atoms with Crippen LogP contribution in [0.2, 0.25) is 0 Å². The van der Waals surface area contributed by atoms with Crippen LogP contribution in [0.25, 0.3) is 0 Å². The molecule has 0 unspecified atom stereocenters. The molecule has 0 aliphatic rings. The standard InChI is InChI=1S/C9H17NO4/c1-4-8(10(12)13)7(3)6-9(11)14-5-2/h7-8H,4-6H2,1-3H3/t7-,8-/m1/s1. The van der Waals surface area contributed by atoms with Gasteiger partial charge in [0.2, 0.25) is 6.04 Å². The molecule has 5 nitrogen and oxygen atoms in total. The van der Waals surface area contributed by atoms with E-state index in [0.717, 1.165) is 0 Å². The van der Waals surface area contributed by atoms with Crippen molar-refractivity contribution in [3.8, 4) is 0 Å². The Hall–Kier alpha value is -1.13. The van der Waals surface area contributed by atoms with Crippen molar-refractivity contribution in [3.63, 3.8) is 0 Å². The van der Waals surface area contributed by atoms with Gasteiger partial charge in [0.1, 0.15) is 0 Å². The minimum atomic E-state index is -0.653. The molecule has 0 saturated heterocycles. The van der Waals surface area contributed by atoms with Gasteiger partial charge in [-0.25, -0.2) is 0 Å². The van der Waals surface area contributed by atoms with E-state index < -0.39 is 6.04 Å². The van der Waals surface area contributed by atoms with E-state index in [1.165, 1.54) is 0 Å². The summed E-state index contributed by atoms with van der Waals surface area (Å²) in [5.41, 5.74) is 0. The lowest BCUT2D eigenvalue weighted by Gasteiger charge is -2.14. The summed E-state index contributed by atoms with van der Waals surface area (Å²) in [5.74, 6) is -0.630. The highest BCUT2D eigenvalue weighted by atomic mass is 16.6. The molecular formula is C9H17NO4. The Morgan fingerprint density at radius 2 is 2.07 bits per heavy atom. The number of rotatable bonds is 6. The van der Waals surface area contributed by atoms with Gasteiger partial charge in [0.25, 0.3) is 0 Å². The van der Waals surface area contributed by atoms with Crippen molar-refractivity contribution in [2.75, 3.05) is 6.61 Å². The number of esters is 1. The zero-order valence-corrected chi connectivity index (χ0v) is 8.86. The highest BCUT2D eigenvalue weighted by molar-refractivity contribution is 5.69. The van der Waals surface area contributed by atoms with Gasteiger partial charge >= 0.3 is 5.97 Å². The van der Waals surface area contributed by atoms with Gasteiger partial charge < -0.3 is 4.74 Å². The molecule has 82 valence electrons. The Morgan fingerprint density at radius 1 is 1.50 bits per heavy atom. The average molecular weight is 203 g/mol. The fourth-order valence-electron chi connectivity index (χ4n) is 1.38. The van der Waals surface area contributed by atoms with Crippen molar-refractivity contribution in [1.82, 2.24) is 0 Å². The molecule has 0 aliphatic carbocycles. The van der Waals surface area contributed by atoms with Gasteiger partial charge in [0.05, 0.1) is 13.0 Å². The summed E-state index contributed by atoms with van der Waals surface area (Å²) in [5, 5.41) is 10.6. The average Bonchev–Trinajstić information content (AvgIpc) is 2.04. The lowest BCUT2D eigenvalue weighted by molar-refractivity contribution is -0.531. The van der Waals surface area contributed by atoms with Crippen LogP contribution in [0, 0.1) is 16.0 Å². The molecule has 5 heteroatoms. The first kappa shape index (κ1) is 12.9. The minimum Gasteiger partial charge on any atom is -0.466 e. The molecule has 0 N–H and O–H groups in total. The fraction of sp³-hybridized carbons (Fsp3) is 0.889. The second-order valence-electron chi connectivity index (χ2n) is 3.25. The summed E-state index contributed by atoms with van der Waals surface area (Å²) >= 11 is 0. The maximum absolute atomic E-state index is 11.1. The molecule has 2 atom stereocenters. The van der Waals surface area contributed by atoms with Gasteiger partial charge in [-0.3, -0.25) is 14.9 Å². The maximum Gasteiger partial charge on any atom is 0.306 e. The van der Waals surface area contributed by atoms with Crippen LogP contribution in [0.1, 0.15) is 33.6 Å². The molecular weight excluding hydrogens is 186 g/mol. The van der Waals surface area contributed by atoms with Crippen molar-refractivity contribution < 1.29 is 14.5 Å². The van der Waals surface area contributed by atoms with Crippen molar-refractivity contribution in [2.45, 2.75) is 39.7 Å². The van der Waals surface area contributed by atoms with Gasteiger partial charge in [-0.05, 0) is 6.92 Å². The van der Waals surface area contributed by atoms with Crippen LogP contribution in [0.15, 0.2) is 0 Å². The van der Waals surface area contributed by atoms with E-state index in [9.17, 15) is 14.9 Å². The Morgan fingerprint density at radius 3 is 2.43 bits per heavy atom. The minimum absolute atomic E-state index is 0.118. The van der Waals surface area contributed by atoms with Gasteiger partial charge in [0, 0.05) is 17.3 Å². The smallest absolute Gasteiger partial charge is 0.306 e. The van der Waals surface area contributed by atoms with E-state index in [0.29, 0.717) is 13.0 Å². The molecule has 0 radical (unpaired) electrons. The third kappa shape index (κ3) is 4.20. The van der Waals surface area contributed by atoms with E-state index in [1.807, 2.05) is 0 Å². The largest absolute Gasteiger partial charge is 0.466 e. The van der Waals surface area contributed by atoms with E-state index in [-0.39, 0.29) is 23.2 Å². The predicted molar refractivity (Wildman–Crippen MR) is 51.5 cm³/mol. The molecule has 0 aromatic rings. The maximum atomic E-state index is 11.1. The Labute approximate surface area is 83.6 Å². The van der Waals surface area contributed by atoms with Gasteiger partial charge in [0.15, 0.2) is 0 Å². The first-order valence-corrected chi connectivity index (χ1v) is 4.82. The number of nitro groups is 1. The van der Waals surface area contributed by atoms with E-state index in [1.54, 1.807) is 20.8 Å². The Balaban J connectivity index is 4.10. The second-order valence-corrected chi connectivity index (χ2v) is 3.25. The molecule has 0 bridgehead atoms. The lowest BCUT2D eigenvalue weighted by atomic mass is 9.97. The van der Waals surface area contributed by atoms with Crippen LogP contribution in [0.5, 0.6) is 0 Å². The van der Waals surface area contributed by atoms with Crippen molar-refractivity contribution in [3.05, 3.63) is 10.1 Å². The summed E-state index contributed by atoms with van der Waals surface area (Å²) in [6.45, 7) is 5.48. The molecule has 0 rings (SSSR count). The third-order valence-corrected chi connectivity index (χ3v) is 2.14. The molecule has 0 amide bonds. The monoisotopic (exact) mass is 203 g/mol. The number of hydrogen-bond donors (Lipinski definition) is 0. The normalized spacial score (nSPS) is 14.5. The van der Waals surface area contributed by atoms with Crippen LogP contribution in [-0.2, 0) is 9.53 Å².